The second kappa shape index (κ2) is 5.86. The second-order valence-electron chi connectivity index (χ2n) is 6.12. The Kier molecular flexibility index (Phi) is 3.47. The van der Waals surface area contributed by atoms with Crippen LogP contribution in [0.4, 0.5) is 17.3 Å². The molecule has 0 aliphatic carbocycles. The predicted octanol–water partition coefficient (Wildman–Crippen LogP) is 3.29. The molecule has 1 unspecified atom stereocenters. The molecule has 8 heteroatoms. The maximum Gasteiger partial charge on any atom is 0.189 e. The lowest BCUT2D eigenvalue weighted by Gasteiger charge is -2.37. The summed E-state index contributed by atoms with van der Waals surface area (Å²) in [7, 11) is 0. The zero-order valence-electron chi connectivity index (χ0n) is 14.0. The molecule has 1 aromatic carbocycles. The van der Waals surface area contributed by atoms with E-state index in [1.165, 1.54) is 11.8 Å². The molecule has 5 rings (SSSR count). The van der Waals surface area contributed by atoms with Gasteiger partial charge in [0.1, 0.15) is 23.6 Å². The van der Waals surface area contributed by atoms with Gasteiger partial charge in [-0.2, -0.15) is 5.01 Å². The second-order valence-corrected chi connectivity index (χ2v) is 6.89. The highest BCUT2D eigenvalue weighted by Gasteiger charge is 2.41. The Bertz CT molecular complexity index is 983. The van der Waals surface area contributed by atoms with Gasteiger partial charge in [0.25, 0.3) is 0 Å². The highest BCUT2D eigenvalue weighted by Crippen LogP contribution is 2.48. The van der Waals surface area contributed by atoms with Crippen LogP contribution >= 0.6 is 11.8 Å². The minimum Gasteiger partial charge on any atom is -0.508 e. The van der Waals surface area contributed by atoms with Crippen LogP contribution in [0.3, 0.4) is 0 Å². The van der Waals surface area contributed by atoms with Gasteiger partial charge in [0.2, 0.25) is 0 Å². The van der Waals surface area contributed by atoms with Crippen molar-refractivity contribution in [2.45, 2.75) is 17.9 Å². The number of benzene rings is 1. The number of rotatable bonds is 2. The topological polar surface area (TPSA) is 77.4 Å². The minimum atomic E-state index is -0.0790. The monoisotopic (exact) mass is 364 g/mol. The molecule has 0 radical (unpaired) electrons. The van der Waals surface area contributed by atoms with Gasteiger partial charge in [-0.25, -0.2) is 15.0 Å². The van der Waals surface area contributed by atoms with Crippen molar-refractivity contribution in [2.75, 3.05) is 16.6 Å². The molecule has 0 bridgehead atoms. The van der Waals surface area contributed by atoms with Crippen molar-refractivity contribution in [1.82, 2.24) is 20.0 Å². The summed E-state index contributed by atoms with van der Waals surface area (Å²) < 4.78 is 0. The van der Waals surface area contributed by atoms with Crippen molar-refractivity contribution in [2.24, 2.45) is 0 Å². The summed E-state index contributed by atoms with van der Waals surface area (Å²) in [4.78, 5) is 13.5. The third-order valence-electron chi connectivity index (χ3n) is 4.59. The van der Waals surface area contributed by atoms with Gasteiger partial charge in [0.05, 0.1) is 12.2 Å². The van der Waals surface area contributed by atoms with E-state index in [2.05, 4.69) is 25.3 Å². The molecule has 26 heavy (non-hydrogen) atoms. The van der Waals surface area contributed by atoms with Gasteiger partial charge >= 0.3 is 0 Å². The number of aromatic nitrogens is 3. The van der Waals surface area contributed by atoms with Crippen molar-refractivity contribution in [3.8, 4) is 5.75 Å². The number of fused-ring (bicyclic) bond motifs is 4. The average molecular weight is 364 g/mol. The van der Waals surface area contributed by atoms with Crippen LogP contribution < -0.4 is 10.3 Å². The van der Waals surface area contributed by atoms with Crippen LogP contribution in [-0.4, -0.2) is 31.3 Å². The number of pyridine rings is 1. The maximum absolute atomic E-state index is 10.0. The van der Waals surface area contributed by atoms with Crippen molar-refractivity contribution in [1.29, 1.82) is 0 Å². The smallest absolute Gasteiger partial charge is 0.189 e. The van der Waals surface area contributed by atoms with Crippen LogP contribution in [0.1, 0.15) is 17.3 Å². The number of anilines is 3. The zero-order valence-corrected chi connectivity index (χ0v) is 14.8. The van der Waals surface area contributed by atoms with Gasteiger partial charge < -0.3 is 10.4 Å². The van der Waals surface area contributed by atoms with Crippen LogP contribution in [-0.2, 0) is 6.54 Å². The maximum atomic E-state index is 10.0. The van der Waals surface area contributed by atoms with Crippen LogP contribution in [0, 0.1) is 0 Å². The molecule has 1 atom stereocenters. The Morgan fingerprint density at radius 1 is 1.23 bits per heavy atom. The molecule has 2 aromatic heterocycles. The summed E-state index contributed by atoms with van der Waals surface area (Å²) in [5.41, 5.74) is 3.01. The molecule has 2 aliphatic rings. The fourth-order valence-electron chi connectivity index (χ4n) is 3.44. The van der Waals surface area contributed by atoms with Crippen molar-refractivity contribution in [3.63, 3.8) is 0 Å². The molecule has 0 fully saturated rings. The fourth-order valence-corrected chi connectivity index (χ4v) is 3.78. The van der Waals surface area contributed by atoms with E-state index < -0.39 is 0 Å². The Morgan fingerprint density at radius 3 is 2.96 bits per heavy atom. The Balaban J connectivity index is 1.65. The number of aromatic hydroxyl groups is 1. The van der Waals surface area contributed by atoms with Crippen LogP contribution in [0.25, 0.3) is 0 Å². The average Bonchev–Trinajstić information content (AvgIpc) is 2.98. The van der Waals surface area contributed by atoms with Gasteiger partial charge in [0.15, 0.2) is 5.16 Å². The summed E-state index contributed by atoms with van der Waals surface area (Å²) in [5.74, 6) is 1.88. The Labute approximate surface area is 154 Å². The number of nitrogens with one attached hydrogen (secondary N) is 1. The van der Waals surface area contributed by atoms with E-state index in [-0.39, 0.29) is 11.9 Å². The summed E-state index contributed by atoms with van der Waals surface area (Å²) in [5, 5.41) is 18.5. The number of hydrazine groups is 1. The van der Waals surface area contributed by atoms with E-state index in [9.17, 15) is 5.11 Å². The Morgan fingerprint density at radius 2 is 2.15 bits per heavy atom. The molecule has 0 saturated carbocycles. The van der Waals surface area contributed by atoms with E-state index in [1.807, 2.05) is 41.7 Å². The lowest BCUT2D eigenvalue weighted by molar-refractivity contribution is 0.220. The van der Waals surface area contributed by atoms with E-state index in [0.29, 0.717) is 6.54 Å². The van der Waals surface area contributed by atoms with Crippen LogP contribution in [0.5, 0.6) is 5.75 Å². The molecule has 0 spiro atoms. The molecule has 0 saturated heterocycles. The van der Waals surface area contributed by atoms with Gasteiger partial charge in [-0.15, -0.1) is 0 Å². The predicted molar refractivity (Wildman–Crippen MR) is 100 cm³/mol. The lowest BCUT2D eigenvalue weighted by Crippen LogP contribution is -2.42. The third kappa shape index (κ3) is 2.30. The molecule has 3 aromatic rings. The number of phenolic OH excluding ortho intramolecular Hbond substituents is 1. The van der Waals surface area contributed by atoms with Crippen molar-refractivity contribution < 1.29 is 5.11 Å². The van der Waals surface area contributed by atoms with E-state index in [4.69, 9.17) is 0 Å². The molecular formula is C18H16N6OS. The van der Waals surface area contributed by atoms with Gasteiger partial charge in [0, 0.05) is 29.6 Å². The number of phenols is 1. The molecular weight excluding hydrogens is 348 g/mol. The van der Waals surface area contributed by atoms with Crippen LogP contribution in [0.15, 0.2) is 53.9 Å². The Hall–Kier alpha value is -2.84. The quantitative estimate of drug-likeness (QED) is 0.530. The van der Waals surface area contributed by atoms with Crippen molar-refractivity contribution in [3.05, 3.63) is 59.9 Å². The zero-order chi connectivity index (χ0) is 17.7. The highest BCUT2D eigenvalue weighted by molar-refractivity contribution is 7.98. The summed E-state index contributed by atoms with van der Waals surface area (Å²) in [6, 6.07) is 11.2. The number of nitrogens with zero attached hydrogens (tertiary/aromatic N) is 5. The number of hydrogen-bond donors (Lipinski definition) is 2. The van der Waals surface area contributed by atoms with Gasteiger partial charge in [-0.05, 0) is 30.5 Å². The minimum absolute atomic E-state index is 0.0790. The summed E-state index contributed by atoms with van der Waals surface area (Å²) >= 11 is 1.52. The first-order valence-corrected chi connectivity index (χ1v) is 9.44. The standard InChI is InChI=1S/C18H16N6OS/c1-26-18-20-9-11-10-23-17(21-16(11)22-18)13-6-5-12(25)8-14(13)24(23)15-4-2-3-7-19-15/h2-9,17,25H,10H2,1H3,(H,20,21,22). The lowest BCUT2D eigenvalue weighted by atomic mass is 10.1. The highest BCUT2D eigenvalue weighted by atomic mass is 32.2. The SMILES string of the molecule is CSc1ncc2c(n1)NC1c3ccc(O)cc3N(c3ccccn3)N1C2. The van der Waals surface area contributed by atoms with E-state index in [1.54, 1.807) is 18.3 Å². The van der Waals surface area contributed by atoms with Gasteiger partial charge in [-0.1, -0.05) is 17.8 Å². The molecule has 2 aliphatic heterocycles. The normalized spacial score (nSPS) is 18.0. The van der Waals surface area contributed by atoms with Crippen LogP contribution in [0.2, 0.25) is 0 Å². The van der Waals surface area contributed by atoms with E-state index in [0.717, 1.165) is 33.6 Å². The summed E-state index contributed by atoms with van der Waals surface area (Å²) in [6.07, 6.45) is 5.52. The van der Waals surface area contributed by atoms with Gasteiger partial charge in [-0.3, -0.25) is 5.01 Å². The molecule has 2 N–H and O–H groups in total. The first-order chi connectivity index (χ1) is 12.7. The van der Waals surface area contributed by atoms with Crippen molar-refractivity contribution >= 4 is 29.1 Å². The third-order valence-corrected chi connectivity index (χ3v) is 5.15. The number of hydrogen-bond acceptors (Lipinski definition) is 8. The molecule has 0 amide bonds. The fraction of sp³-hybridized carbons (Fsp3) is 0.167. The number of thioether (sulfide) groups is 1. The first-order valence-electron chi connectivity index (χ1n) is 8.21. The molecule has 130 valence electrons. The molecule has 7 nitrogen and oxygen atoms in total. The largest absolute Gasteiger partial charge is 0.508 e. The summed E-state index contributed by atoms with van der Waals surface area (Å²) in [6.45, 7) is 0.647. The van der Waals surface area contributed by atoms with E-state index >= 15 is 0 Å². The first kappa shape index (κ1) is 15.4. The molecule has 4 heterocycles.